The third kappa shape index (κ3) is 1.62. The number of nitrogens with one attached hydrogen (secondary N) is 1. The fraction of sp³-hybridized carbons (Fsp3) is 0.385. The van der Waals surface area contributed by atoms with Crippen molar-refractivity contribution in [3.8, 4) is 0 Å². The maximum absolute atomic E-state index is 12.0. The number of carbonyl (C=O) groups excluding carboxylic acids is 2. The lowest BCUT2D eigenvalue weighted by Crippen LogP contribution is -2.35. The van der Waals surface area contributed by atoms with E-state index in [1.165, 1.54) is 0 Å². The number of benzene rings is 1. The predicted octanol–water partition coefficient (Wildman–Crippen LogP) is 1.77. The summed E-state index contributed by atoms with van der Waals surface area (Å²) in [6.07, 6.45) is 1.88. The van der Waals surface area contributed by atoms with Crippen LogP contribution in [0.15, 0.2) is 30.3 Å². The molecule has 2 amide bonds. The molecule has 0 spiro atoms. The molecule has 3 heteroatoms. The van der Waals surface area contributed by atoms with Crippen LogP contribution < -0.4 is 5.32 Å². The van der Waals surface area contributed by atoms with E-state index >= 15 is 0 Å². The lowest BCUT2D eigenvalue weighted by molar-refractivity contribution is -0.126. The topological polar surface area (TPSA) is 46.2 Å². The van der Waals surface area contributed by atoms with Crippen LogP contribution in [0.3, 0.4) is 0 Å². The van der Waals surface area contributed by atoms with Gasteiger partial charge < -0.3 is 0 Å². The molecule has 1 aromatic rings. The van der Waals surface area contributed by atoms with Crippen molar-refractivity contribution in [2.75, 3.05) is 0 Å². The maximum atomic E-state index is 12.0. The average molecular weight is 217 g/mol. The van der Waals surface area contributed by atoms with Gasteiger partial charge in [0.15, 0.2) is 0 Å². The summed E-state index contributed by atoms with van der Waals surface area (Å²) in [7, 11) is 0. The molecule has 1 N–H and O–H groups in total. The van der Waals surface area contributed by atoms with Gasteiger partial charge in [-0.25, -0.2) is 0 Å². The summed E-state index contributed by atoms with van der Waals surface area (Å²) in [5.41, 5.74) is 0.313. The highest BCUT2D eigenvalue weighted by Crippen LogP contribution is 2.36. The largest absolute Gasteiger partial charge is 0.296 e. The Kier molecular flexibility index (Phi) is 2.77. The fourth-order valence-electron chi connectivity index (χ4n) is 2.41. The Morgan fingerprint density at radius 1 is 1.25 bits per heavy atom. The highest BCUT2D eigenvalue weighted by Gasteiger charge is 2.46. The number of carbonyl (C=O) groups is 2. The Labute approximate surface area is 94.9 Å². The minimum absolute atomic E-state index is 0.148. The smallest absolute Gasteiger partial charge is 0.237 e. The number of hydrogen-bond acceptors (Lipinski definition) is 2. The molecule has 0 bridgehead atoms. The van der Waals surface area contributed by atoms with Gasteiger partial charge in [0.2, 0.25) is 11.8 Å². The summed E-state index contributed by atoms with van der Waals surface area (Å²) in [5, 5.41) is 2.41. The van der Waals surface area contributed by atoms with Crippen LogP contribution in [0.4, 0.5) is 0 Å². The molecule has 0 radical (unpaired) electrons. The SMILES string of the molecule is CCC[C@@]1(c2ccccc2)CC(=O)NC1=O. The van der Waals surface area contributed by atoms with Crippen LogP contribution in [-0.4, -0.2) is 11.8 Å². The lowest BCUT2D eigenvalue weighted by Gasteiger charge is -2.25. The minimum Gasteiger partial charge on any atom is -0.296 e. The molecule has 1 aliphatic rings. The van der Waals surface area contributed by atoms with Gasteiger partial charge in [0.1, 0.15) is 0 Å². The van der Waals surface area contributed by atoms with E-state index in [1.54, 1.807) is 0 Å². The predicted molar refractivity (Wildman–Crippen MR) is 60.8 cm³/mol. The van der Waals surface area contributed by atoms with Crippen molar-refractivity contribution < 1.29 is 9.59 Å². The van der Waals surface area contributed by atoms with Gasteiger partial charge in [0, 0.05) is 6.42 Å². The Bertz CT molecular complexity index is 413. The summed E-state index contributed by atoms with van der Waals surface area (Å²) in [6, 6.07) is 9.57. The van der Waals surface area contributed by atoms with E-state index in [1.807, 2.05) is 37.3 Å². The number of imide groups is 1. The zero-order valence-corrected chi connectivity index (χ0v) is 9.32. The van der Waals surface area contributed by atoms with E-state index in [4.69, 9.17) is 0 Å². The minimum atomic E-state index is -0.632. The van der Waals surface area contributed by atoms with E-state index in [-0.39, 0.29) is 18.2 Å². The van der Waals surface area contributed by atoms with Crippen LogP contribution in [0.5, 0.6) is 0 Å². The quantitative estimate of drug-likeness (QED) is 0.784. The summed E-state index contributed by atoms with van der Waals surface area (Å²) in [4.78, 5) is 23.4. The molecule has 1 aromatic carbocycles. The Hall–Kier alpha value is -1.64. The van der Waals surface area contributed by atoms with E-state index in [0.717, 1.165) is 12.0 Å². The van der Waals surface area contributed by atoms with E-state index in [0.29, 0.717) is 6.42 Å². The third-order valence-corrected chi connectivity index (χ3v) is 3.15. The van der Waals surface area contributed by atoms with Gasteiger partial charge in [-0.15, -0.1) is 0 Å². The zero-order chi connectivity index (χ0) is 11.6. The van der Waals surface area contributed by atoms with Gasteiger partial charge in [0.25, 0.3) is 0 Å². The van der Waals surface area contributed by atoms with Gasteiger partial charge >= 0.3 is 0 Å². The second-order valence-electron chi connectivity index (χ2n) is 4.25. The molecule has 1 saturated heterocycles. The van der Waals surface area contributed by atoms with Crippen molar-refractivity contribution in [2.24, 2.45) is 0 Å². The standard InChI is InChI=1S/C13H15NO2/c1-2-8-13(9-11(15)14-12(13)16)10-6-4-3-5-7-10/h3-7H,2,8-9H2,1H3,(H,14,15,16)/t13-/m0/s1. The monoisotopic (exact) mass is 217 g/mol. The van der Waals surface area contributed by atoms with Crippen LogP contribution in [0, 0.1) is 0 Å². The molecular formula is C13H15NO2. The van der Waals surface area contributed by atoms with Gasteiger partial charge in [-0.1, -0.05) is 43.7 Å². The zero-order valence-electron chi connectivity index (χ0n) is 9.32. The highest BCUT2D eigenvalue weighted by molar-refractivity contribution is 6.09. The number of amides is 2. The average Bonchev–Trinajstić information content (AvgIpc) is 2.57. The summed E-state index contributed by atoms with van der Waals surface area (Å²) >= 11 is 0. The first kappa shape index (κ1) is 10.9. The first-order valence-electron chi connectivity index (χ1n) is 5.59. The van der Waals surface area contributed by atoms with Crippen LogP contribution in [0.1, 0.15) is 31.7 Å². The summed E-state index contributed by atoms with van der Waals surface area (Å²) in [5.74, 6) is -0.312. The molecule has 16 heavy (non-hydrogen) atoms. The second-order valence-corrected chi connectivity index (χ2v) is 4.25. The van der Waals surface area contributed by atoms with Crippen molar-refractivity contribution in [3.63, 3.8) is 0 Å². The summed E-state index contributed by atoms with van der Waals surface area (Å²) in [6.45, 7) is 2.03. The van der Waals surface area contributed by atoms with Gasteiger partial charge in [-0.05, 0) is 12.0 Å². The number of rotatable bonds is 3. The Morgan fingerprint density at radius 3 is 2.44 bits per heavy atom. The molecule has 0 aliphatic carbocycles. The maximum Gasteiger partial charge on any atom is 0.237 e. The van der Waals surface area contributed by atoms with Gasteiger partial charge in [-0.2, -0.15) is 0 Å². The first-order valence-corrected chi connectivity index (χ1v) is 5.59. The second kappa shape index (κ2) is 4.08. The molecule has 0 aromatic heterocycles. The van der Waals surface area contributed by atoms with Gasteiger partial charge in [0.05, 0.1) is 5.41 Å². The molecule has 84 valence electrons. The van der Waals surface area contributed by atoms with Crippen LogP contribution >= 0.6 is 0 Å². The molecule has 1 fully saturated rings. The van der Waals surface area contributed by atoms with E-state index in [2.05, 4.69) is 5.32 Å². The summed E-state index contributed by atoms with van der Waals surface area (Å²) < 4.78 is 0. The van der Waals surface area contributed by atoms with Gasteiger partial charge in [-0.3, -0.25) is 14.9 Å². The molecule has 0 unspecified atom stereocenters. The molecule has 2 rings (SSSR count). The molecule has 1 atom stereocenters. The van der Waals surface area contributed by atoms with Crippen molar-refractivity contribution in [1.82, 2.24) is 5.32 Å². The number of hydrogen-bond donors (Lipinski definition) is 1. The van der Waals surface area contributed by atoms with Crippen LogP contribution in [0.25, 0.3) is 0 Å². The molecule has 0 saturated carbocycles. The molecular weight excluding hydrogens is 202 g/mol. The van der Waals surface area contributed by atoms with Crippen molar-refractivity contribution in [1.29, 1.82) is 0 Å². The van der Waals surface area contributed by atoms with E-state index in [9.17, 15) is 9.59 Å². The molecule has 1 aliphatic heterocycles. The Morgan fingerprint density at radius 2 is 1.94 bits per heavy atom. The van der Waals surface area contributed by atoms with E-state index < -0.39 is 5.41 Å². The molecule has 3 nitrogen and oxygen atoms in total. The highest BCUT2D eigenvalue weighted by atomic mass is 16.2. The first-order chi connectivity index (χ1) is 7.69. The van der Waals surface area contributed by atoms with Crippen molar-refractivity contribution >= 4 is 11.8 Å². The Balaban J connectivity index is 2.44. The third-order valence-electron chi connectivity index (χ3n) is 3.15. The van der Waals surface area contributed by atoms with Crippen LogP contribution in [0.2, 0.25) is 0 Å². The van der Waals surface area contributed by atoms with Crippen LogP contribution in [-0.2, 0) is 15.0 Å². The van der Waals surface area contributed by atoms with Crippen molar-refractivity contribution in [2.45, 2.75) is 31.6 Å². The normalized spacial score (nSPS) is 24.6. The lowest BCUT2D eigenvalue weighted by atomic mass is 9.75. The molecule has 1 heterocycles. The van der Waals surface area contributed by atoms with Crippen molar-refractivity contribution in [3.05, 3.63) is 35.9 Å². The fourth-order valence-corrected chi connectivity index (χ4v) is 2.41.